The number of fused-ring (bicyclic) bond motifs is 1. The lowest BCUT2D eigenvalue weighted by Gasteiger charge is -2.13. The number of rotatable bonds is 5. The van der Waals surface area contributed by atoms with Gasteiger partial charge in [-0.05, 0) is 24.3 Å². The summed E-state index contributed by atoms with van der Waals surface area (Å²) >= 11 is 0. The van der Waals surface area contributed by atoms with Crippen molar-refractivity contribution in [2.75, 3.05) is 5.32 Å². The number of halogens is 4. The van der Waals surface area contributed by atoms with E-state index in [9.17, 15) is 22.4 Å². The van der Waals surface area contributed by atoms with Gasteiger partial charge in [0.25, 0.3) is 6.47 Å². The highest BCUT2D eigenvalue weighted by Crippen LogP contribution is 2.31. The number of benzene rings is 1. The minimum Gasteiger partial charge on any atom is -0.409 e. The number of hydrogen-bond donors (Lipinski definition) is 1. The molecular weight excluding hydrogens is 342 g/mol. The zero-order valence-corrected chi connectivity index (χ0v) is 12.5. The number of anilines is 1. The lowest BCUT2D eigenvalue weighted by molar-refractivity contribution is -0.137. The number of hydrogen-bond acceptors (Lipinski definition) is 4. The molecule has 5 nitrogen and oxygen atoms in total. The maximum Gasteiger partial charge on any atom is 0.416 e. The summed E-state index contributed by atoms with van der Waals surface area (Å²) in [5.74, 6) is -0.846. The SMILES string of the molecule is O=COc1c(NCc2ccc(C(F)(F)F)cc2F)ccc2nccn12. The first kappa shape index (κ1) is 16.7. The molecule has 130 valence electrons. The highest BCUT2D eigenvalue weighted by molar-refractivity contribution is 5.63. The number of carbonyl (C=O) groups is 1. The predicted octanol–water partition coefficient (Wildman–Crippen LogP) is 3.64. The predicted molar refractivity (Wildman–Crippen MR) is 80.6 cm³/mol. The molecule has 9 heteroatoms. The van der Waals surface area contributed by atoms with Gasteiger partial charge in [-0.2, -0.15) is 13.2 Å². The Kier molecular flexibility index (Phi) is 4.30. The van der Waals surface area contributed by atoms with Crippen LogP contribution in [0.3, 0.4) is 0 Å². The first-order chi connectivity index (χ1) is 11.9. The summed E-state index contributed by atoms with van der Waals surface area (Å²) in [6.45, 7) is 0.137. The summed E-state index contributed by atoms with van der Waals surface area (Å²) in [5.41, 5.74) is -0.130. The van der Waals surface area contributed by atoms with Crippen molar-refractivity contribution in [3.05, 3.63) is 59.7 Å². The van der Waals surface area contributed by atoms with E-state index in [-0.39, 0.29) is 24.5 Å². The van der Waals surface area contributed by atoms with Gasteiger partial charge in [-0.3, -0.25) is 9.20 Å². The number of pyridine rings is 1. The molecule has 2 aromatic heterocycles. The van der Waals surface area contributed by atoms with Crippen LogP contribution in [0.15, 0.2) is 42.7 Å². The van der Waals surface area contributed by atoms with E-state index in [0.29, 0.717) is 17.4 Å². The van der Waals surface area contributed by atoms with Crippen LogP contribution in [0.5, 0.6) is 5.88 Å². The van der Waals surface area contributed by atoms with Gasteiger partial charge in [0, 0.05) is 24.5 Å². The van der Waals surface area contributed by atoms with Gasteiger partial charge in [0.15, 0.2) is 0 Å². The van der Waals surface area contributed by atoms with Crippen LogP contribution in [0.4, 0.5) is 23.2 Å². The summed E-state index contributed by atoms with van der Waals surface area (Å²) in [7, 11) is 0. The summed E-state index contributed by atoms with van der Waals surface area (Å²) in [6, 6.07) is 5.52. The van der Waals surface area contributed by atoms with E-state index in [2.05, 4.69) is 10.3 Å². The molecule has 0 spiro atoms. The fourth-order valence-electron chi connectivity index (χ4n) is 2.33. The summed E-state index contributed by atoms with van der Waals surface area (Å²) in [5, 5.41) is 2.84. The van der Waals surface area contributed by atoms with Gasteiger partial charge < -0.3 is 10.1 Å². The molecule has 0 saturated heterocycles. The molecular formula is C16H11F4N3O2. The molecule has 0 aliphatic rings. The Balaban J connectivity index is 1.85. The molecule has 0 unspecified atom stereocenters. The first-order valence-electron chi connectivity index (χ1n) is 7.06. The van der Waals surface area contributed by atoms with Gasteiger partial charge in [-0.25, -0.2) is 9.37 Å². The Labute approximate surface area is 138 Å². The molecule has 2 heterocycles. The summed E-state index contributed by atoms with van der Waals surface area (Å²) in [6.07, 6.45) is -1.53. The highest BCUT2D eigenvalue weighted by atomic mass is 19.4. The highest BCUT2D eigenvalue weighted by Gasteiger charge is 2.31. The molecule has 0 fully saturated rings. The van der Waals surface area contributed by atoms with Crippen LogP contribution >= 0.6 is 0 Å². The molecule has 25 heavy (non-hydrogen) atoms. The van der Waals surface area contributed by atoms with Crippen molar-refractivity contribution in [2.45, 2.75) is 12.7 Å². The van der Waals surface area contributed by atoms with E-state index in [4.69, 9.17) is 4.74 Å². The average molecular weight is 353 g/mol. The molecule has 1 aromatic carbocycles. The smallest absolute Gasteiger partial charge is 0.409 e. The average Bonchev–Trinajstić information content (AvgIpc) is 3.03. The molecule has 0 aliphatic carbocycles. The maximum absolute atomic E-state index is 13.9. The Morgan fingerprint density at radius 1 is 1.24 bits per heavy atom. The number of imidazole rings is 1. The molecule has 0 saturated carbocycles. The van der Waals surface area contributed by atoms with Crippen LogP contribution in [0.2, 0.25) is 0 Å². The van der Waals surface area contributed by atoms with Gasteiger partial charge in [0.1, 0.15) is 11.5 Å². The van der Waals surface area contributed by atoms with E-state index in [0.717, 1.165) is 12.1 Å². The maximum atomic E-state index is 13.9. The molecule has 0 aliphatic heterocycles. The van der Waals surface area contributed by atoms with Crippen molar-refractivity contribution in [3.8, 4) is 5.88 Å². The van der Waals surface area contributed by atoms with E-state index in [1.54, 1.807) is 18.3 Å². The van der Waals surface area contributed by atoms with Crippen LogP contribution in [0, 0.1) is 5.82 Å². The van der Waals surface area contributed by atoms with Crippen LogP contribution < -0.4 is 10.1 Å². The van der Waals surface area contributed by atoms with Crippen molar-refractivity contribution in [1.82, 2.24) is 9.38 Å². The quantitative estimate of drug-likeness (QED) is 0.562. The number of alkyl halides is 3. The van der Waals surface area contributed by atoms with Gasteiger partial charge in [0.05, 0.1) is 11.3 Å². The van der Waals surface area contributed by atoms with Crippen LogP contribution in [0.25, 0.3) is 5.65 Å². The topological polar surface area (TPSA) is 55.6 Å². The van der Waals surface area contributed by atoms with Crippen molar-refractivity contribution >= 4 is 17.8 Å². The van der Waals surface area contributed by atoms with Crippen LogP contribution in [-0.2, 0) is 17.5 Å². The summed E-state index contributed by atoms with van der Waals surface area (Å²) in [4.78, 5) is 14.7. The van der Waals surface area contributed by atoms with Gasteiger partial charge in [-0.1, -0.05) is 6.07 Å². The molecule has 0 amide bonds. The minimum atomic E-state index is -4.61. The largest absolute Gasteiger partial charge is 0.416 e. The first-order valence-corrected chi connectivity index (χ1v) is 7.06. The monoisotopic (exact) mass is 353 g/mol. The molecule has 3 rings (SSSR count). The minimum absolute atomic E-state index is 0.0378. The van der Waals surface area contributed by atoms with Crippen molar-refractivity contribution in [3.63, 3.8) is 0 Å². The van der Waals surface area contributed by atoms with E-state index >= 15 is 0 Å². The van der Waals surface area contributed by atoms with Crippen molar-refractivity contribution < 1.29 is 27.1 Å². The fourth-order valence-corrected chi connectivity index (χ4v) is 2.33. The lowest BCUT2D eigenvalue weighted by atomic mass is 10.1. The number of nitrogens with zero attached hydrogens (tertiary/aromatic N) is 2. The second-order valence-electron chi connectivity index (χ2n) is 5.08. The van der Waals surface area contributed by atoms with Crippen molar-refractivity contribution in [1.29, 1.82) is 0 Å². The summed E-state index contributed by atoms with van der Waals surface area (Å²) < 4.78 is 58.0. The third-order valence-corrected chi connectivity index (χ3v) is 3.53. The molecule has 0 bridgehead atoms. The number of carbonyl (C=O) groups excluding carboxylic acids is 1. The standard InChI is InChI=1S/C16H11F4N3O2/c17-12-7-11(16(18,19)20)2-1-10(12)8-22-13-3-4-14-21-5-6-23(14)15(13)25-9-24/h1-7,9,22H,8H2. The zero-order chi connectivity index (χ0) is 18.0. The Morgan fingerprint density at radius 3 is 2.72 bits per heavy atom. The number of aromatic nitrogens is 2. The van der Waals surface area contributed by atoms with E-state index in [1.165, 1.54) is 10.6 Å². The van der Waals surface area contributed by atoms with Gasteiger partial charge >= 0.3 is 6.18 Å². The molecule has 0 radical (unpaired) electrons. The van der Waals surface area contributed by atoms with Crippen molar-refractivity contribution in [2.24, 2.45) is 0 Å². The normalized spacial score (nSPS) is 11.5. The molecule has 1 N–H and O–H groups in total. The zero-order valence-electron chi connectivity index (χ0n) is 12.5. The van der Waals surface area contributed by atoms with Crippen LogP contribution in [0.1, 0.15) is 11.1 Å². The Bertz CT molecular complexity index is 921. The van der Waals surface area contributed by atoms with Gasteiger partial charge in [-0.15, -0.1) is 0 Å². The molecule has 0 atom stereocenters. The number of nitrogens with one attached hydrogen (secondary N) is 1. The third kappa shape index (κ3) is 3.39. The second kappa shape index (κ2) is 6.42. The second-order valence-corrected chi connectivity index (χ2v) is 5.08. The van der Waals surface area contributed by atoms with Gasteiger partial charge in [0.2, 0.25) is 5.88 Å². The third-order valence-electron chi connectivity index (χ3n) is 3.53. The number of ether oxygens (including phenoxy) is 1. The lowest BCUT2D eigenvalue weighted by Crippen LogP contribution is -2.09. The Hall–Kier alpha value is -3.10. The van der Waals surface area contributed by atoms with Crippen LogP contribution in [-0.4, -0.2) is 15.9 Å². The van der Waals surface area contributed by atoms with E-state index in [1.807, 2.05) is 0 Å². The fraction of sp³-hybridized carbons (Fsp3) is 0.125. The Morgan fingerprint density at radius 2 is 2.04 bits per heavy atom. The molecule has 3 aromatic rings. The van der Waals surface area contributed by atoms with E-state index < -0.39 is 17.6 Å².